The zero-order chi connectivity index (χ0) is 30.3. The molecule has 0 saturated heterocycles. The first-order valence-corrected chi connectivity index (χ1v) is 13.1. The van der Waals surface area contributed by atoms with Crippen LogP contribution in [0.5, 0.6) is 0 Å². The molecule has 13 nitrogen and oxygen atoms in total. The van der Waals surface area contributed by atoms with E-state index < -0.39 is 61.3 Å². The highest BCUT2D eigenvalue weighted by Crippen LogP contribution is 2.05. The van der Waals surface area contributed by atoms with Crippen LogP contribution in [0.1, 0.15) is 74.7 Å². The molecule has 0 bridgehead atoms. The summed E-state index contributed by atoms with van der Waals surface area (Å²) in [6, 6.07) is -2.27. The molecule has 0 aromatic carbocycles. The molecule has 222 valence electrons. The van der Waals surface area contributed by atoms with Gasteiger partial charge in [-0.3, -0.25) is 28.8 Å². The smallest absolute Gasteiger partial charge is 0.245 e. The third-order valence-electron chi connectivity index (χ3n) is 4.33. The average Bonchev–Trinajstić information content (AvgIpc) is 2.84. The standard InChI is InChI=1S/C20H36N6O7.C3H8.C2H6/c1-5-6-26(13(4)28)10-18(31)24-14(7-12(2)3)19(32)23-9-17(30)25-15(11-27)20(33)22-8-16(21)29;1-3-2;1-2/h12,14-15,27H,5-11H2,1-4H3,(H2,21,29)(H,22,33)(H,23,32)(H,24,31)(H,25,30);3H2,1-2H3;1-2H3/t14-,15?;;/m0../s1. The summed E-state index contributed by atoms with van der Waals surface area (Å²) in [4.78, 5) is 72.6. The third kappa shape index (κ3) is 20.9. The highest BCUT2D eigenvalue weighted by molar-refractivity contribution is 5.94. The molecular weight excluding hydrogens is 496 g/mol. The number of nitrogens with zero attached hydrogens (tertiary/aromatic N) is 1. The fourth-order valence-corrected chi connectivity index (χ4v) is 2.76. The Labute approximate surface area is 227 Å². The maximum absolute atomic E-state index is 12.6. The largest absolute Gasteiger partial charge is 0.394 e. The first kappa shape index (κ1) is 39.3. The Morgan fingerprint density at radius 2 is 1.32 bits per heavy atom. The summed E-state index contributed by atoms with van der Waals surface area (Å²) in [6.07, 6.45) is 2.22. The number of carbonyl (C=O) groups excluding carboxylic acids is 6. The van der Waals surface area contributed by atoms with Gasteiger partial charge in [-0.25, -0.2) is 0 Å². The lowest BCUT2D eigenvalue weighted by Gasteiger charge is -2.24. The molecule has 1 unspecified atom stereocenters. The van der Waals surface area contributed by atoms with Crippen LogP contribution in [0, 0.1) is 5.92 Å². The SMILES string of the molecule is CC.CCC.CCCN(CC(=O)N[C@@H](CC(C)C)C(=O)NCC(=O)NC(CO)C(=O)NCC(N)=O)C(C)=O. The highest BCUT2D eigenvalue weighted by Gasteiger charge is 2.25. The normalized spacial score (nSPS) is 11.3. The third-order valence-corrected chi connectivity index (χ3v) is 4.33. The Morgan fingerprint density at radius 3 is 1.74 bits per heavy atom. The van der Waals surface area contributed by atoms with E-state index >= 15 is 0 Å². The zero-order valence-corrected chi connectivity index (χ0v) is 24.3. The van der Waals surface area contributed by atoms with E-state index in [-0.39, 0.29) is 18.4 Å². The second kappa shape index (κ2) is 24.1. The van der Waals surface area contributed by atoms with Crippen molar-refractivity contribution in [3.63, 3.8) is 0 Å². The van der Waals surface area contributed by atoms with Gasteiger partial charge < -0.3 is 37.0 Å². The molecule has 0 saturated carbocycles. The molecule has 6 amide bonds. The topological polar surface area (TPSA) is 200 Å². The fraction of sp³-hybridized carbons (Fsp3) is 0.760. The molecule has 0 aromatic heterocycles. The van der Waals surface area contributed by atoms with Gasteiger partial charge >= 0.3 is 0 Å². The van der Waals surface area contributed by atoms with E-state index in [9.17, 15) is 33.9 Å². The van der Waals surface area contributed by atoms with Crippen molar-refractivity contribution in [1.82, 2.24) is 26.2 Å². The van der Waals surface area contributed by atoms with Crippen LogP contribution in [0.2, 0.25) is 0 Å². The van der Waals surface area contributed by atoms with Crippen LogP contribution in [-0.2, 0) is 28.8 Å². The molecule has 0 heterocycles. The summed E-state index contributed by atoms with van der Waals surface area (Å²) in [6.45, 7) is 13.7. The van der Waals surface area contributed by atoms with Crippen molar-refractivity contribution in [3.8, 4) is 0 Å². The molecular formula is C25H50N6O7. The summed E-state index contributed by atoms with van der Waals surface area (Å²) in [5.41, 5.74) is 4.92. The van der Waals surface area contributed by atoms with Crippen molar-refractivity contribution in [1.29, 1.82) is 0 Å². The predicted octanol–water partition coefficient (Wildman–Crippen LogP) is -0.587. The van der Waals surface area contributed by atoms with Crippen molar-refractivity contribution in [2.75, 3.05) is 32.8 Å². The maximum atomic E-state index is 12.6. The van der Waals surface area contributed by atoms with Crippen molar-refractivity contribution >= 4 is 35.4 Å². The molecule has 0 aliphatic rings. The number of nitrogens with two attached hydrogens (primary N) is 1. The minimum atomic E-state index is -1.34. The van der Waals surface area contributed by atoms with Crippen LogP contribution in [0.15, 0.2) is 0 Å². The Bertz CT molecular complexity index is 731. The van der Waals surface area contributed by atoms with Crippen LogP contribution in [0.4, 0.5) is 0 Å². The fourth-order valence-electron chi connectivity index (χ4n) is 2.76. The Kier molecular flexibility index (Phi) is 25.0. The van der Waals surface area contributed by atoms with Crippen LogP contribution in [-0.4, -0.2) is 90.3 Å². The maximum Gasteiger partial charge on any atom is 0.245 e. The summed E-state index contributed by atoms with van der Waals surface area (Å²) >= 11 is 0. The van der Waals surface area contributed by atoms with Crippen LogP contribution in [0.3, 0.4) is 0 Å². The molecule has 0 spiro atoms. The second-order valence-electron chi connectivity index (χ2n) is 8.60. The predicted molar refractivity (Wildman–Crippen MR) is 145 cm³/mol. The Balaban J connectivity index is -0.00000227. The number of nitrogens with one attached hydrogen (secondary N) is 4. The number of hydrogen-bond acceptors (Lipinski definition) is 7. The number of carbonyl (C=O) groups is 6. The molecule has 38 heavy (non-hydrogen) atoms. The van der Waals surface area contributed by atoms with Crippen molar-refractivity contribution < 1.29 is 33.9 Å². The summed E-state index contributed by atoms with van der Waals surface area (Å²) < 4.78 is 0. The number of aliphatic hydroxyl groups is 1. The minimum absolute atomic E-state index is 0.0437. The average molecular weight is 547 g/mol. The number of rotatable bonds is 15. The van der Waals surface area contributed by atoms with Crippen molar-refractivity contribution in [3.05, 3.63) is 0 Å². The molecule has 0 radical (unpaired) electrons. The Morgan fingerprint density at radius 1 is 0.842 bits per heavy atom. The van der Waals surface area contributed by atoms with Gasteiger partial charge in [0.05, 0.1) is 26.2 Å². The van der Waals surface area contributed by atoms with E-state index in [1.807, 2.05) is 34.6 Å². The highest BCUT2D eigenvalue weighted by atomic mass is 16.3. The van der Waals surface area contributed by atoms with Crippen molar-refractivity contribution in [2.45, 2.75) is 86.7 Å². The van der Waals surface area contributed by atoms with E-state index in [1.165, 1.54) is 18.2 Å². The van der Waals surface area contributed by atoms with Gasteiger partial charge in [-0.2, -0.15) is 0 Å². The number of hydrogen-bond donors (Lipinski definition) is 6. The van der Waals surface area contributed by atoms with Crippen molar-refractivity contribution in [2.24, 2.45) is 11.7 Å². The van der Waals surface area contributed by atoms with Gasteiger partial charge in [-0.15, -0.1) is 0 Å². The molecule has 2 atom stereocenters. The van der Waals surface area contributed by atoms with Gasteiger partial charge in [0.2, 0.25) is 35.4 Å². The number of primary amides is 1. The summed E-state index contributed by atoms with van der Waals surface area (Å²) in [5, 5.41) is 18.6. The second-order valence-corrected chi connectivity index (χ2v) is 8.60. The van der Waals surface area contributed by atoms with E-state index in [2.05, 4.69) is 35.1 Å². The van der Waals surface area contributed by atoms with Crippen LogP contribution >= 0.6 is 0 Å². The van der Waals surface area contributed by atoms with Crippen LogP contribution in [0.25, 0.3) is 0 Å². The monoisotopic (exact) mass is 546 g/mol. The Hall–Kier alpha value is -3.22. The number of aliphatic hydroxyl groups excluding tert-OH is 1. The molecule has 0 aromatic rings. The first-order chi connectivity index (χ1) is 17.8. The van der Waals surface area contributed by atoms with Crippen LogP contribution < -0.4 is 27.0 Å². The molecule has 0 aliphatic heterocycles. The lowest BCUT2D eigenvalue weighted by molar-refractivity contribution is -0.136. The minimum Gasteiger partial charge on any atom is -0.394 e. The van der Waals surface area contributed by atoms with Gasteiger partial charge in [0.1, 0.15) is 12.1 Å². The van der Waals surface area contributed by atoms with E-state index in [1.54, 1.807) is 0 Å². The lowest BCUT2D eigenvalue weighted by atomic mass is 10.0. The molecule has 0 rings (SSSR count). The first-order valence-electron chi connectivity index (χ1n) is 13.1. The number of amides is 6. The van der Waals surface area contributed by atoms with E-state index in [4.69, 9.17) is 5.73 Å². The molecule has 0 fully saturated rings. The summed E-state index contributed by atoms with van der Waals surface area (Å²) in [7, 11) is 0. The molecule has 13 heteroatoms. The van der Waals surface area contributed by atoms with Gasteiger partial charge in [-0.1, -0.05) is 54.9 Å². The van der Waals surface area contributed by atoms with Gasteiger partial charge in [0.25, 0.3) is 0 Å². The van der Waals surface area contributed by atoms with E-state index in [0.29, 0.717) is 19.4 Å². The van der Waals surface area contributed by atoms with Gasteiger partial charge in [0, 0.05) is 13.5 Å². The zero-order valence-electron chi connectivity index (χ0n) is 24.3. The summed E-state index contributed by atoms with van der Waals surface area (Å²) in [5.74, 6) is -3.71. The lowest BCUT2D eigenvalue weighted by Crippen LogP contribution is -2.54. The quantitative estimate of drug-likeness (QED) is 0.158. The van der Waals surface area contributed by atoms with E-state index in [0.717, 1.165) is 0 Å². The molecule has 7 N–H and O–H groups in total. The van der Waals surface area contributed by atoms with Gasteiger partial charge in [0.15, 0.2) is 0 Å². The molecule has 0 aliphatic carbocycles. The van der Waals surface area contributed by atoms with Gasteiger partial charge in [-0.05, 0) is 18.8 Å².